The molecule has 5 heteroatoms. The van der Waals surface area contributed by atoms with Gasteiger partial charge in [-0.3, -0.25) is 9.69 Å². The molecule has 0 spiro atoms. The van der Waals surface area contributed by atoms with Crippen molar-refractivity contribution in [1.29, 1.82) is 0 Å². The number of para-hydroxylation sites is 1. The van der Waals surface area contributed by atoms with Crippen molar-refractivity contribution in [2.75, 3.05) is 46.4 Å². The Balaban J connectivity index is 1.74. The summed E-state index contributed by atoms with van der Waals surface area (Å²) in [5.74, 6) is 1.16. The predicted octanol–water partition coefficient (Wildman–Crippen LogP) is 1.26. The van der Waals surface area contributed by atoms with Crippen LogP contribution in [-0.4, -0.2) is 62.1 Å². The number of nitrogens with zero attached hydrogens (tertiary/aromatic N) is 2. The summed E-state index contributed by atoms with van der Waals surface area (Å²) < 4.78 is 5.50. The van der Waals surface area contributed by atoms with Gasteiger partial charge in [-0.2, -0.15) is 0 Å². The van der Waals surface area contributed by atoms with Crippen molar-refractivity contribution in [3.63, 3.8) is 0 Å². The van der Waals surface area contributed by atoms with Crippen molar-refractivity contribution in [2.45, 2.75) is 18.9 Å². The second-order valence-electron chi connectivity index (χ2n) is 6.02. The van der Waals surface area contributed by atoms with Gasteiger partial charge in [-0.15, -0.1) is 0 Å². The molecule has 0 bridgehead atoms. The molecule has 0 aliphatic carbocycles. The lowest BCUT2D eigenvalue weighted by Crippen LogP contribution is -2.49. The molecule has 120 valence electrons. The van der Waals surface area contributed by atoms with Gasteiger partial charge in [0.1, 0.15) is 5.75 Å². The highest BCUT2D eigenvalue weighted by Crippen LogP contribution is 2.30. The Morgan fingerprint density at radius 2 is 2.05 bits per heavy atom. The van der Waals surface area contributed by atoms with E-state index in [1.165, 1.54) is 0 Å². The summed E-state index contributed by atoms with van der Waals surface area (Å²) in [6.07, 6.45) is 2.28. The lowest BCUT2D eigenvalue weighted by Gasteiger charge is -2.37. The van der Waals surface area contributed by atoms with Crippen LogP contribution in [-0.2, 0) is 4.79 Å². The Bertz CT molecular complexity index is 514. The fourth-order valence-corrected chi connectivity index (χ4v) is 3.42. The van der Waals surface area contributed by atoms with E-state index in [-0.39, 0.29) is 11.9 Å². The van der Waals surface area contributed by atoms with Gasteiger partial charge < -0.3 is 15.0 Å². The summed E-state index contributed by atoms with van der Waals surface area (Å²) in [6, 6.07) is 8.30. The van der Waals surface area contributed by atoms with Crippen LogP contribution in [0.5, 0.6) is 5.75 Å². The standard InChI is InChI=1S/C17H25N3O2/c1-22-16-7-3-2-6-14(16)15-12-18-8-11-20(15)13-17(21)19-9-4-5-10-19/h2-3,6-7,15,18H,4-5,8-13H2,1H3. The minimum Gasteiger partial charge on any atom is -0.496 e. The highest BCUT2D eigenvalue weighted by Gasteiger charge is 2.29. The summed E-state index contributed by atoms with van der Waals surface area (Å²) >= 11 is 0. The lowest BCUT2D eigenvalue weighted by atomic mass is 10.0. The van der Waals surface area contributed by atoms with Crippen molar-refractivity contribution in [1.82, 2.24) is 15.1 Å². The van der Waals surface area contributed by atoms with Gasteiger partial charge in [0.2, 0.25) is 5.91 Å². The van der Waals surface area contributed by atoms with E-state index in [0.717, 1.165) is 56.9 Å². The number of likely N-dealkylation sites (tertiary alicyclic amines) is 1. The molecule has 3 rings (SSSR count). The normalized spacial score (nSPS) is 22.8. The summed E-state index contributed by atoms with van der Waals surface area (Å²) in [5.41, 5.74) is 1.16. The van der Waals surface area contributed by atoms with E-state index in [1.807, 2.05) is 23.1 Å². The zero-order valence-electron chi connectivity index (χ0n) is 13.3. The molecule has 1 amide bonds. The molecule has 2 aliphatic heterocycles. The van der Waals surface area contributed by atoms with Gasteiger partial charge in [-0.25, -0.2) is 0 Å². The molecule has 2 aliphatic rings. The highest BCUT2D eigenvalue weighted by molar-refractivity contribution is 5.78. The van der Waals surface area contributed by atoms with Crippen LogP contribution < -0.4 is 10.1 Å². The Morgan fingerprint density at radius 3 is 2.82 bits per heavy atom. The molecule has 0 radical (unpaired) electrons. The maximum atomic E-state index is 12.5. The molecule has 1 aromatic rings. The number of rotatable bonds is 4. The van der Waals surface area contributed by atoms with Crippen molar-refractivity contribution >= 4 is 5.91 Å². The quantitative estimate of drug-likeness (QED) is 0.910. The van der Waals surface area contributed by atoms with Crippen LogP contribution in [0.1, 0.15) is 24.4 Å². The molecular weight excluding hydrogens is 278 g/mol. The number of piperazine rings is 1. The number of amides is 1. The second-order valence-corrected chi connectivity index (χ2v) is 6.02. The molecule has 22 heavy (non-hydrogen) atoms. The molecule has 0 aromatic heterocycles. The number of nitrogens with one attached hydrogen (secondary N) is 1. The maximum absolute atomic E-state index is 12.5. The number of carbonyl (C=O) groups is 1. The number of hydrogen-bond donors (Lipinski definition) is 1. The first kappa shape index (κ1) is 15.3. The largest absolute Gasteiger partial charge is 0.496 e. The van der Waals surface area contributed by atoms with Gasteiger partial charge in [-0.1, -0.05) is 18.2 Å². The molecule has 2 heterocycles. The third-order valence-corrected chi connectivity index (χ3v) is 4.65. The summed E-state index contributed by atoms with van der Waals surface area (Å²) in [6.45, 7) is 5.02. The van der Waals surface area contributed by atoms with Crippen LogP contribution in [0.25, 0.3) is 0 Å². The molecule has 1 N–H and O–H groups in total. The lowest BCUT2D eigenvalue weighted by molar-refractivity contribution is -0.132. The Hall–Kier alpha value is -1.59. The van der Waals surface area contributed by atoms with Crippen molar-refractivity contribution in [2.24, 2.45) is 0 Å². The van der Waals surface area contributed by atoms with E-state index >= 15 is 0 Å². The molecule has 0 saturated carbocycles. The number of ether oxygens (including phenoxy) is 1. The monoisotopic (exact) mass is 303 g/mol. The van der Waals surface area contributed by atoms with Gasteiger partial charge in [0, 0.05) is 38.3 Å². The van der Waals surface area contributed by atoms with Crippen molar-refractivity contribution in [3.8, 4) is 5.75 Å². The number of carbonyl (C=O) groups excluding carboxylic acids is 1. The molecular formula is C17H25N3O2. The van der Waals surface area contributed by atoms with Crippen LogP contribution in [0.4, 0.5) is 0 Å². The fourth-order valence-electron chi connectivity index (χ4n) is 3.42. The van der Waals surface area contributed by atoms with E-state index in [9.17, 15) is 4.79 Å². The summed E-state index contributed by atoms with van der Waals surface area (Å²) in [7, 11) is 1.70. The van der Waals surface area contributed by atoms with Gasteiger partial charge in [0.05, 0.1) is 19.7 Å². The number of hydrogen-bond acceptors (Lipinski definition) is 4. The van der Waals surface area contributed by atoms with E-state index < -0.39 is 0 Å². The smallest absolute Gasteiger partial charge is 0.236 e. The minimum absolute atomic E-state index is 0.191. The van der Waals surface area contributed by atoms with Crippen LogP contribution >= 0.6 is 0 Å². The fraction of sp³-hybridized carbons (Fsp3) is 0.588. The third kappa shape index (κ3) is 3.25. The Labute approximate surface area is 132 Å². The molecule has 1 aromatic carbocycles. The Kier molecular flexibility index (Phi) is 4.95. The molecule has 1 atom stereocenters. The molecule has 2 fully saturated rings. The van der Waals surface area contributed by atoms with E-state index in [4.69, 9.17) is 4.74 Å². The average molecular weight is 303 g/mol. The van der Waals surface area contributed by atoms with Gasteiger partial charge in [0.25, 0.3) is 0 Å². The van der Waals surface area contributed by atoms with Crippen LogP contribution in [0.15, 0.2) is 24.3 Å². The van der Waals surface area contributed by atoms with Crippen LogP contribution in [0.3, 0.4) is 0 Å². The van der Waals surface area contributed by atoms with Crippen LogP contribution in [0, 0.1) is 0 Å². The highest BCUT2D eigenvalue weighted by atomic mass is 16.5. The van der Waals surface area contributed by atoms with E-state index in [1.54, 1.807) is 7.11 Å². The predicted molar refractivity (Wildman–Crippen MR) is 86.0 cm³/mol. The topological polar surface area (TPSA) is 44.8 Å². The zero-order valence-corrected chi connectivity index (χ0v) is 13.3. The average Bonchev–Trinajstić information content (AvgIpc) is 3.10. The Morgan fingerprint density at radius 1 is 1.27 bits per heavy atom. The minimum atomic E-state index is 0.191. The zero-order chi connectivity index (χ0) is 15.4. The molecule has 1 unspecified atom stereocenters. The van der Waals surface area contributed by atoms with Crippen molar-refractivity contribution < 1.29 is 9.53 Å². The summed E-state index contributed by atoms with van der Waals surface area (Å²) in [4.78, 5) is 16.8. The SMILES string of the molecule is COc1ccccc1C1CNCCN1CC(=O)N1CCCC1. The number of benzene rings is 1. The van der Waals surface area contributed by atoms with Crippen molar-refractivity contribution in [3.05, 3.63) is 29.8 Å². The maximum Gasteiger partial charge on any atom is 0.236 e. The van der Waals surface area contributed by atoms with Gasteiger partial charge in [-0.05, 0) is 18.9 Å². The number of methoxy groups -OCH3 is 1. The second kappa shape index (κ2) is 7.11. The first-order valence-corrected chi connectivity index (χ1v) is 8.15. The van der Waals surface area contributed by atoms with Gasteiger partial charge in [0.15, 0.2) is 0 Å². The van der Waals surface area contributed by atoms with E-state index in [0.29, 0.717) is 6.54 Å². The first-order chi connectivity index (χ1) is 10.8. The van der Waals surface area contributed by atoms with Crippen LogP contribution in [0.2, 0.25) is 0 Å². The molecule has 2 saturated heterocycles. The van der Waals surface area contributed by atoms with E-state index in [2.05, 4.69) is 16.3 Å². The molecule has 5 nitrogen and oxygen atoms in total. The first-order valence-electron chi connectivity index (χ1n) is 8.15. The third-order valence-electron chi connectivity index (χ3n) is 4.65. The summed E-state index contributed by atoms with van der Waals surface area (Å²) in [5, 5.41) is 3.44. The van der Waals surface area contributed by atoms with Gasteiger partial charge >= 0.3 is 0 Å².